The predicted molar refractivity (Wildman–Crippen MR) is 162 cm³/mol. The van der Waals surface area contributed by atoms with Crippen molar-refractivity contribution in [3.8, 4) is 5.75 Å². The zero-order valence-electron chi connectivity index (χ0n) is 23.7. The number of rotatable bonds is 8. The highest BCUT2D eigenvalue weighted by molar-refractivity contribution is 6.35. The number of halogens is 1. The molecule has 41 heavy (non-hydrogen) atoms. The van der Waals surface area contributed by atoms with Crippen molar-refractivity contribution in [2.45, 2.75) is 45.4 Å². The van der Waals surface area contributed by atoms with Gasteiger partial charge in [0.2, 0.25) is 0 Å². The molecular weight excluding hydrogens is 540 g/mol. The quantitative estimate of drug-likeness (QED) is 0.263. The number of piperidine rings is 2. The summed E-state index contributed by atoms with van der Waals surface area (Å²) in [5.74, 6) is 1.25. The van der Waals surface area contributed by atoms with E-state index in [1.807, 2.05) is 42.5 Å². The van der Waals surface area contributed by atoms with Gasteiger partial charge in [-0.2, -0.15) is 0 Å². The fourth-order valence-corrected chi connectivity index (χ4v) is 6.73. The molecule has 0 radical (unpaired) electrons. The highest BCUT2D eigenvalue weighted by Crippen LogP contribution is 2.32. The van der Waals surface area contributed by atoms with Gasteiger partial charge < -0.3 is 34.4 Å². The number of benzene rings is 2. The second kappa shape index (κ2) is 12.1. The number of carbonyl (C=O) groups excluding carboxylic acids is 1. The minimum absolute atomic E-state index is 0.0898. The molecule has 3 atom stereocenters. The summed E-state index contributed by atoms with van der Waals surface area (Å²) in [4.78, 5) is 21.4. The highest BCUT2D eigenvalue weighted by atomic mass is 35.5. The first-order chi connectivity index (χ1) is 19.9. The van der Waals surface area contributed by atoms with Crippen LogP contribution in [-0.4, -0.2) is 77.2 Å². The average molecular weight is 579 g/mol. The maximum absolute atomic E-state index is 13.2. The fraction of sp³-hybridized carbons (Fsp3) is 0.469. The molecule has 3 N–H and O–H groups in total. The number of hydrogen-bond acceptors (Lipinski definition) is 6. The Hall–Kier alpha value is -3.04. The summed E-state index contributed by atoms with van der Waals surface area (Å²) >= 11 is 6.39. The van der Waals surface area contributed by atoms with Gasteiger partial charge >= 0.3 is 0 Å². The van der Waals surface area contributed by atoms with E-state index < -0.39 is 0 Å². The minimum atomic E-state index is -0.190. The van der Waals surface area contributed by atoms with Gasteiger partial charge in [0.25, 0.3) is 5.91 Å². The molecule has 0 aliphatic carbocycles. The number of furan rings is 1. The van der Waals surface area contributed by atoms with Crippen molar-refractivity contribution in [3.63, 3.8) is 0 Å². The van der Waals surface area contributed by atoms with Crippen LogP contribution in [-0.2, 0) is 6.61 Å². The second-order valence-corrected chi connectivity index (χ2v) is 12.3. The lowest BCUT2D eigenvalue weighted by atomic mass is 9.88. The van der Waals surface area contributed by atoms with E-state index in [0.29, 0.717) is 34.9 Å². The molecule has 2 fully saturated rings. The number of aromatic nitrogens is 1. The van der Waals surface area contributed by atoms with E-state index in [1.54, 1.807) is 6.26 Å². The van der Waals surface area contributed by atoms with Gasteiger partial charge in [0, 0.05) is 67.2 Å². The fourth-order valence-electron chi connectivity index (χ4n) is 6.44. The Morgan fingerprint density at radius 3 is 2.61 bits per heavy atom. The standard InChI is InChI=1S/C32H39ClN4O4/c1-20-16-37(17-21(2)31(20)38)14-13-36-11-9-23(10-12-36)34-32(39)27-15-24-26(35-27)6-4-7-28(24)40-18-22-19-41-29-8-3-5-25(33)30(22)29/h3-8,15,19-21,23,31,35,38H,9-14,16-18H2,1-2H3,(H,34,39)/t20-,21+,31?. The third kappa shape index (κ3) is 6.11. The Morgan fingerprint density at radius 1 is 1.10 bits per heavy atom. The monoisotopic (exact) mass is 578 g/mol. The van der Waals surface area contributed by atoms with Crippen molar-refractivity contribution in [1.29, 1.82) is 0 Å². The summed E-state index contributed by atoms with van der Waals surface area (Å²) in [7, 11) is 0. The Labute approximate surface area is 245 Å². The molecule has 4 heterocycles. The molecule has 0 saturated carbocycles. The van der Waals surface area contributed by atoms with Gasteiger partial charge in [-0.25, -0.2) is 0 Å². The second-order valence-electron chi connectivity index (χ2n) is 11.9. The number of carbonyl (C=O) groups is 1. The highest BCUT2D eigenvalue weighted by Gasteiger charge is 2.30. The Bertz CT molecular complexity index is 1500. The smallest absolute Gasteiger partial charge is 0.267 e. The van der Waals surface area contributed by atoms with Crippen molar-refractivity contribution in [2.24, 2.45) is 11.8 Å². The van der Waals surface area contributed by atoms with Gasteiger partial charge in [-0.1, -0.05) is 37.6 Å². The first-order valence-electron chi connectivity index (χ1n) is 14.7. The van der Waals surface area contributed by atoms with Crippen molar-refractivity contribution < 1.29 is 19.1 Å². The number of hydrogen-bond donors (Lipinski definition) is 3. The lowest BCUT2D eigenvalue weighted by Gasteiger charge is -2.40. The van der Waals surface area contributed by atoms with Crippen LogP contribution in [0.25, 0.3) is 21.9 Å². The first-order valence-corrected chi connectivity index (χ1v) is 15.1. The van der Waals surface area contributed by atoms with Gasteiger partial charge in [0.15, 0.2) is 0 Å². The number of aliphatic hydroxyl groups excluding tert-OH is 1. The molecule has 2 aromatic carbocycles. The zero-order valence-corrected chi connectivity index (χ0v) is 24.5. The molecule has 6 rings (SSSR count). The van der Waals surface area contributed by atoms with Gasteiger partial charge in [0.1, 0.15) is 23.6 Å². The van der Waals surface area contributed by atoms with Crippen LogP contribution >= 0.6 is 11.6 Å². The Morgan fingerprint density at radius 2 is 1.83 bits per heavy atom. The summed E-state index contributed by atoms with van der Waals surface area (Å²) in [6.07, 6.45) is 3.36. The van der Waals surface area contributed by atoms with Gasteiger partial charge in [-0.05, 0) is 55.0 Å². The molecule has 4 aromatic rings. The molecule has 218 valence electrons. The van der Waals surface area contributed by atoms with E-state index >= 15 is 0 Å². The third-order valence-electron chi connectivity index (χ3n) is 8.79. The van der Waals surface area contributed by atoms with Crippen LogP contribution in [0.2, 0.25) is 5.02 Å². The maximum Gasteiger partial charge on any atom is 0.267 e. The molecular formula is C32H39ClN4O4. The molecule has 2 aliphatic heterocycles. The number of nitrogens with one attached hydrogen (secondary N) is 2. The maximum atomic E-state index is 13.2. The number of likely N-dealkylation sites (tertiary alicyclic amines) is 2. The van der Waals surface area contributed by atoms with E-state index in [1.165, 1.54) is 0 Å². The number of nitrogens with zero attached hydrogens (tertiary/aromatic N) is 2. The van der Waals surface area contributed by atoms with Crippen LogP contribution in [0.1, 0.15) is 42.7 Å². The van der Waals surface area contributed by atoms with Crippen LogP contribution in [0.3, 0.4) is 0 Å². The molecule has 0 spiro atoms. The normalized spacial score (nSPS) is 22.9. The zero-order chi connectivity index (χ0) is 28.5. The summed E-state index contributed by atoms with van der Waals surface area (Å²) in [5.41, 5.74) is 2.99. The number of aliphatic hydroxyl groups is 1. The average Bonchev–Trinajstić information content (AvgIpc) is 3.60. The van der Waals surface area contributed by atoms with Crippen LogP contribution in [0, 0.1) is 11.8 Å². The first kappa shape index (κ1) is 28.1. The van der Waals surface area contributed by atoms with E-state index in [4.69, 9.17) is 20.8 Å². The van der Waals surface area contributed by atoms with Gasteiger partial charge in [-0.15, -0.1) is 0 Å². The van der Waals surface area contributed by atoms with E-state index in [2.05, 4.69) is 33.9 Å². The van der Waals surface area contributed by atoms with Crippen LogP contribution in [0.5, 0.6) is 5.75 Å². The summed E-state index contributed by atoms with van der Waals surface area (Å²) in [5, 5.41) is 15.8. The molecule has 8 nitrogen and oxygen atoms in total. The molecule has 1 unspecified atom stereocenters. The molecule has 2 saturated heterocycles. The van der Waals surface area contributed by atoms with E-state index in [0.717, 1.165) is 79.5 Å². The molecule has 0 bridgehead atoms. The molecule has 2 aliphatic rings. The topological polar surface area (TPSA) is 94.0 Å². The van der Waals surface area contributed by atoms with Crippen LogP contribution in [0.4, 0.5) is 0 Å². The van der Waals surface area contributed by atoms with Crippen molar-refractivity contribution in [1.82, 2.24) is 20.1 Å². The number of aromatic amines is 1. The summed E-state index contributed by atoms with van der Waals surface area (Å²) in [6.45, 7) is 10.5. The largest absolute Gasteiger partial charge is 0.488 e. The lowest BCUT2D eigenvalue weighted by Crippen LogP contribution is -2.50. The summed E-state index contributed by atoms with van der Waals surface area (Å²) in [6, 6.07) is 13.4. The molecule has 1 amide bonds. The summed E-state index contributed by atoms with van der Waals surface area (Å²) < 4.78 is 11.8. The minimum Gasteiger partial charge on any atom is -0.488 e. The third-order valence-corrected chi connectivity index (χ3v) is 9.11. The SMILES string of the molecule is C[C@@H]1CN(CCN2CCC(NC(=O)c3cc4c(OCc5coc6cccc(Cl)c56)cccc4[nH]3)CC2)C[C@H](C)C1O. The molecule has 9 heteroatoms. The number of ether oxygens (including phenoxy) is 1. The van der Waals surface area contributed by atoms with Crippen molar-refractivity contribution in [2.75, 3.05) is 39.3 Å². The van der Waals surface area contributed by atoms with Gasteiger partial charge in [0.05, 0.1) is 17.4 Å². The Kier molecular flexibility index (Phi) is 8.26. The Balaban J connectivity index is 1.02. The number of fused-ring (bicyclic) bond motifs is 2. The van der Waals surface area contributed by atoms with Crippen molar-refractivity contribution >= 4 is 39.4 Å². The number of amides is 1. The van der Waals surface area contributed by atoms with Crippen LogP contribution in [0.15, 0.2) is 53.1 Å². The predicted octanol–water partition coefficient (Wildman–Crippen LogP) is 5.29. The number of H-pyrrole nitrogens is 1. The van der Waals surface area contributed by atoms with Gasteiger partial charge in [-0.3, -0.25) is 4.79 Å². The lowest BCUT2D eigenvalue weighted by molar-refractivity contribution is -0.0109. The van der Waals surface area contributed by atoms with Crippen LogP contribution < -0.4 is 10.1 Å². The molecule has 2 aromatic heterocycles. The van der Waals surface area contributed by atoms with E-state index in [9.17, 15) is 9.90 Å². The van der Waals surface area contributed by atoms with Crippen molar-refractivity contribution in [3.05, 3.63) is 65.0 Å². The van der Waals surface area contributed by atoms with E-state index in [-0.39, 0.29) is 18.1 Å².